The summed E-state index contributed by atoms with van der Waals surface area (Å²) in [4.78, 5) is 20.2. The van der Waals surface area contributed by atoms with Gasteiger partial charge in [0.15, 0.2) is 5.96 Å². The molecule has 2 aromatic carbocycles. The highest BCUT2D eigenvalue weighted by atomic mass is 32.2. The third-order valence-corrected chi connectivity index (χ3v) is 6.25. The van der Waals surface area contributed by atoms with Crippen molar-refractivity contribution in [2.45, 2.75) is 24.8 Å². The van der Waals surface area contributed by atoms with E-state index in [0.717, 1.165) is 36.9 Å². The van der Waals surface area contributed by atoms with Gasteiger partial charge in [-0.3, -0.25) is 4.79 Å². The minimum absolute atomic E-state index is 0.0649. The lowest BCUT2D eigenvalue weighted by Gasteiger charge is -2.21. The molecule has 6 heteroatoms. The van der Waals surface area contributed by atoms with Crippen molar-refractivity contribution < 1.29 is 4.79 Å². The number of carbonyl (C=O) groups is 1. The predicted octanol–water partition coefficient (Wildman–Crippen LogP) is 3.63. The van der Waals surface area contributed by atoms with Crippen molar-refractivity contribution in [1.82, 2.24) is 15.5 Å². The molecule has 2 aromatic rings. The highest BCUT2D eigenvalue weighted by Gasteiger charge is 2.24. The summed E-state index contributed by atoms with van der Waals surface area (Å²) in [6.45, 7) is 5.65. The van der Waals surface area contributed by atoms with Crippen LogP contribution in [0.3, 0.4) is 0 Å². The summed E-state index contributed by atoms with van der Waals surface area (Å²) in [5, 5.41) is 6.08. The number of thioether (sulfide) groups is 1. The highest BCUT2D eigenvalue weighted by Crippen LogP contribution is 2.26. The first-order chi connectivity index (χ1) is 14.2. The molecule has 1 aliphatic rings. The second-order valence-corrected chi connectivity index (χ2v) is 8.26. The van der Waals surface area contributed by atoms with E-state index in [1.807, 2.05) is 36.0 Å². The second-order valence-electron chi connectivity index (χ2n) is 7.17. The van der Waals surface area contributed by atoms with E-state index in [1.165, 1.54) is 11.3 Å². The van der Waals surface area contributed by atoms with Crippen molar-refractivity contribution in [3.8, 4) is 0 Å². The minimum Gasteiger partial charge on any atom is -0.357 e. The molecule has 0 aliphatic carbocycles. The number of amides is 1. The van der Waals surface area contributed by atoms with Crippen LogP contribution in [0.1, 0.15) is 29.3 Å². The average Bonchev–Trinajstić information content (AvgIpc) is 3.24. The molecule has 1 fully saturated rings. The molecule has 0 aromatic heterocycles. The van der Waals surface area contributed by atoms with Gasteiger partial charge < -0.3 is 15.5 Å². The summed E-state index contributed by atoms with van der Waals surface area (Å²) in [5.74, 6) is 2.73. The van der Waals surface area contributed by atoms with E-state index in [4.69, 9.17) is 4.99 Å². The summed E-state index contributed by atoms with van der Waals surface area (Å²) >= 11 is 1.94. The number of aliphatic imine (C=N–C) groups is 1. The van der Waals surface area contributed by atoms with Crippen LogP contribution in [0.15, 0.2) is 64.5 Å². The summed E-state index contributed by atoms with van der Waals surface area (Å²) in [7, 11) is 1.64. The molecule has 1 saturated heterocycles. The second kappa shape index (κ2) is 10.9. The maximum Gasteiger partial charge on any atom is 0.251 e. The van der Waals surface area contributed by atoms with E-state index in [-0.39, 0.29) is 5.91 Å². The molecule has 2 N–H and O–H groups in total. The number of nitrogens with zero attached hydrogens (tertiary/aromatic N) is 2. The van der Waals surface area contributed by atoms with Crippen molar-refractivity contribution in [3.63, 3.8) is 0 Å². The van der Waals surface area contributed by atoms with E-state index >= 15 is 0 Å². The zero-order valence-electron chi connectivity index (χ0n) is 17.2. The van der Waals surface area contributed by atoms with Gasteiger partial charge >= 0.3 is 0 Å². The van der Waals surface area contributed by atoms with Crippen LogP contribution < -0.4 is 10.6 Å². The van der Waals surface area contributed by atoms with Gasteiger partial charge in [-0.15, -0.1) is 11.8 Å². The lowest BCUT2D eigenvalue weighted by atomic mass is 10.1. The summed E-state index contributed by atoms with van der Waals surface area (Å²) in [5.41, 5.74) is 1.77. The van der Waals surface area contributed by atoms with Crippen molar-refractivity contribution in [1.29, 1.82) is 0 Å². The molecule has 1 atom stereocenters. The van der Waals surface area contributed by atoms with Gasteiger partial charge in [-0.05, 0) is 49.1 Å². The molecule has 1 heterocycles. The number of guanidine groups is 1. The Labute approximate surface area is 178 Å². The number of likely N-dealkylation sites (tertiary alicyclic amines) is 1. The normalized spacial score (nSPS) is 16.7. The van der Waals surface area contributed by atoms with Crippen LogP contribution in [0.5, 0.6) is 0 Å². The Morgan fingerprint density at radius 3 is 2.62 bits per heavy atom. The van der Waals surface area contributed by atoms with Gasteiger partial charge in [-0.2, -0.15) is 0 Å². The Morgan fingerprint density at radius 2 is 1.93 bits per heavy atom. The van der Waals surface area contributed by atoms with Crippen LogP contribution in [0.2, 0.25) is 0 Å². The monoisotopic (exact) mass is 410 g/mol. The first-order valence-corrected chi connectivity index (χ1v) is 11.2. The highest BCUT2D eigenvalue weighted by molar-refractivity contribution is 7.99. The zero-order valence-corrected chi connectivity index (χ0v) is 18.0. The Hall–Kier alpha value is -2.47. The third kappa shape index (κ3) is 6.26. The molecular weight excluding hydrogens is 380 g/mol. The van der Waals surface area contributed by atoms with Crippen molar-refractivity contribution in [2.75, 3.05) is 32.4 Å². The van der Waals surface area contributed by atoms with Gasteiger partial charge in [0, 0.05) is 42.9 Å². The lowest BCUT2D eigenvalue weighted by molar-refractivity contribution is 0.0963. The van der Waals surface area contributed by atoms with Gasteiger partial charge in [0.25, 0.3) is 5.91 Å². The maximum atomic E-state index is 11.7. The molecule has 1 unspecified atom stereocenters. The Bertz CT molecular complexity index is 807. The number of hydrogen-bond donors (Lipinski definition) is 2. The molecule has 154 valence electrons. The molecule has 0 bridgehead atoms. The first kappa shape index (κ1) is 21.2. The summed E-state index contributed by atoms with van der Waals surface area (Å²) in [6.07, 6.45) is 1.20. The van der Waals surface area contributed by atoms with Crippen LogP contribution in [0.4, 0.5) is 0 Å². The average molecular weight is 411 g/mol. The van der Waals surface area contributed by atoms with Crippen molar-refractivity contribution in [3.05, 3.63) is 65.7 Å². The third-order valence-electron chi connectivity index (χ3n) is 5.00. The lowest BCUT2D eigenvalue weighted by Crippen LogP contribution is -2.40. The zero-order chi connectivity index (χ0) is 20.5. The SMILES string of the molecule is CCNC(=NCc1ccc(C(=O)NC)cc1)N1CCC(CSc2ccccc2)C1. The number of benzene rings is 2. The Balaban J connectivity index is 1.55. The number of rotatable bonds is 7. The topological polar surface area (TPSA) is 56.7 Å². The molecule has 29 heavy (non-hydrogen) atoms. The van der Waals surface area contributed by atoms with Crippen molar-refractivity contribution >= 4 is 23.6 Å². The number of hydrogen-bond acceptors (Lipinski definition) is 3. The summed E-state index contributed by atoms with van der Waals surface area (Å²) in [6, 6.07) is 18.3. The van der Waals surface area contributed by atoms with Crippen LogP contribution >= 0.6 is 11.8 Å². The van der Waals surface area contributed by atoms with Gasteiger partial charge in [-0.1, -0.05) is 30.3 Å². The molecule has 0 spiro atoms. The van der Waals surface area contributed by atoms with E-state index in [9.17, 15) is 4.79 Å². The molecular formula is C23H30N4OS. The fourth-order valence-corrected chi connectivity index (χ4v) is 4.44. The van der Waals surface area contributed by atoms with E-state index in [1.54, 1.807) is 7.05 Å². The van der Waals surface area contributed by atoms with Gasteiger partial charge in [-0.25, -0.2) is 4.99 Å². The quantitative estimate of drug-likeness (QED) is 0.416. The molecule has 0 radical (unpaired) electrons. The van der Waals surface area contributed by atoms with Gasteiger partial charge in [0.2, 0.25) is 0 Å². The predicted molar refractivity (Wildman–Crippen MR) is 121 cm³/mol. The van der Waals surface area contributed by atoms with Gasteiger partial charge in [0.1, 0.15) is 0 Å². The van der Waals surface area contributed by atoms with Crippen LogP contribution in [0, 0.1) is 5.92 Å². The van der Waals surface area contributed by atoms with E-state index < -0.39 is 0 Å². The molecule has 0 saturated carbocycles. The van der Waals surface area contributed by atoms with Crippen LogP contribution in [0.25, 0.3) is 0 Å². The number of carbonyl (C=O) groups excluding carboxylic acids is 1. The molecule has 5 nitrogen and oxygen atoms in total. The maximum absolute atomic E-state index is 11.7. The first-order valence-electron chi connectivity index (χ1n) is 10.2. The number of nitrogens with one attached hydrogen (secondary N) is 2. The smallest absolute Gasteiger partial charge is 0.251 e. The molecule has 1 amide bonds. The Morgan fingerprint density at radius 1 is 1.17 bits per heavy atom. The summed E-state index contributed by atoms with van der Waals surface area (Å²) < 4.78 is 0. The largest absolute Gasteiger partial charge is 0.357 e. The van der Waals surface area contributed by atoms with Crippen molar-refractivity contribution in [2.24, 2.45) is 10.9 Å². The fourth-order valence-electron chi connectivity index (χ4n) is 3.39. The standard InChI is InChI=1S/C23H30N4OS/c1-3-25-23(26-15-18-9-11-20(12-10-18)22(28)24-2)27-14-13-19(16-27)17-29-21-7-5-4-6-8-21/h4-12,19H,3,13-17H2,1-2H3,(H,24,28)(H,25,26). The minimum atomic E-state index is -0.0649. The fraction of sp³-hybridized carbons (Fsp3) is 0.391. The molecule has 3 rings (SSSR count). The Kier molecular flexibility index (Phi) is 7.99. The van der Waals surface area contributed by atoms with Crippen LogP contribution in [-0.2, 0) is 6.54 Å². The molecule has 1 aliphatic heterocycles. The van der Waals surface area contributed by atoms with Gasteiger partial charge in [0.05, 0.1) is 6.54 Å². The van der Waals surface area contributed by atoms with Crippen LogP contribution in [-0.4, -0.2) is 49.2 Å². The van der Waals surface area contributed by atoms with E-state index in [0.29, 0.717) is 18.0 Å². The van der Waals surface area contributed by atoms with E-state index in [2.05, 4.69) is 52.8 Å².